The number of unbranched alkanes of at least 4 members (excludes halogenated alkanes) is 5. The van der Waals surface area contributed by atoms with Crippen molar-refractivity contribution in [2.24, 2.45) is 0 Å². The zero-order valence-corrected chi connectivity index (χ0v) is 13.0. The Morgan fingerprint density at radius 1 is 0.579 bits per heavy atom. The van der Waals surface area contributed by atoms with Crippen LogP contribution in [0, 0.1) is 0 Å². The van der Waals surface area contributed by atoms with Crippen molar-refractivity contribution in [2.75, 3.05) is 0 Å². The van der Waals surface area contributed by atoms with Gasteiger partial charge in [0.1, 0.15) is 0 Å². The number of hydrogen-bond donors (Lipinski definition) is 0. The fourth-order valence-electron chi connectivity index (χ4n) is 1.81. The summed E-state index contributed by atoms with van der Waals surface area (Å²) >= 11 is 0. The van der Waals surface area contributed by atoms with E-state index in [1.54, 1.807) is 0 Å². The smallest absolute Gasteiger partial charge is 0.0166 e. The molecule has 0 bridgehead atoms. The third-order valence-electron chi connectivity index (χ3n) is 2.97. The average molecular weight is 260 g/mol. The maximum Gasteiger partial charge on any atom is -0.0166 e. The van der Waals surface area contributed by atoms with Gasteiger partial charge in [-0.2, -0.15) is 0 Å². The minimum Gasteiger partial charge on any atom is -0.0885 e. The van der Waals surface area contributed by atoms with E-state index in [2.05, 4.69) is 62.5 Å². The van der Waals surface area contributed by atoms with Crippen molar-refractivity contribution < 1.29 is 0 Å². The van der Waals surface area contributed by atoms with E-state index in [-0.39, 0.29) is 0 Å². The lowest BCUT2D eigenvalue weighted by molar-refractivity contribution is 0.637. The van der Waals surface area contributed by atoms with Gasteiger partial charge < -0.3 is 0 Å². The topological polar surface area (TPSA) is 0 Å². The number of hydrogen-bond acceptors (Lipinski definition) is 0. The second kappa shape index (κ2) is 17.0. The highest BCUT2D eigenvalue weighted by molar-refractivity contribution is 5.05. The SMILES string of the molecule is CC/C=C/C/C=C/C/C=C/C=C/CCCCCCC. The second-order valence-electron chi connectivity index (χ2n) is 4.88. The Morgan fingerprint density at radius 3 is 1.95 bits per heavy atom. The molecule has 0 amide bonds. The van der Waals surface area contributed by atoms with Gasteiger partial charge in [0.05, 0.1) is 0 Å². The summed E-state index contributed by atoms with van der Waals surface area (Å²) < 4.78 is 0. The van der Waals surface area contributed by atoms with Crippen LogP contribution in [-0.2, 0) is 0 Å². The van der Waals surface area contributed by atoms with Crippen molar-refractivity contribution in [3.63, 3.8) is 0 Å². The summed E-state index contributed by atoms with van der Waals surface area (Å²) in [5, 5.41) is 0. The summed E-state index contributed by atoms with van der Waals surface area (Å²) in [6, 6.07) is 0. The van der Waals surface area contributed by atoms with Crippen LogP contribution in [0.2, 0.25) is 0 Å². The summed E-state index contributed by atoms with van der Waals surface area (Å²) in [5.74, 6) is 0. The van der Waals surface area contributed by atoms with Crippen LogP contribution in [0.4, 0.5) is 0 Å². The third kappa shape index (κ3) is 17.0. The predicted molar refractivity (Wildman–Crippen MR) is 89.5 cm³/mol. The summed E-state index contributed by atoms with van der Waals surface area (Å²) in [7, 11) is 0. The molecule has 0 aromatic heterocycles. The van der Waals surface area contributed by atoms with Crippen molar-refractivity contribution in [2.45, 2.75) is 71.6 Å². The molecule has 108 valence electrons. The molecule has 0 saturated carbocycles. The van der Waals surface area contributed by atoms with Crippen molar-refractivity contribution in [3.05, 3.63) is 48.6 Å². The van der Waals surface area contributed by atoms with Gasteiger partial charge in [0, 0.05) is 0 Å². The normalized spacial score (nSPS) is 12.7. The fraction of sp³-hybridized carbons (Fsp3) is 0.579. The Kier molecular flexibility index (Phi) is 16.0. The Hall–Kier alpha value is -1.04. The molecule has 0 atom stereocenters. The highest BCUT2D eigenvalue weighted by Gasteiger charge is 1.85. The van der Waals surface area contributed by atoms with Crippen molar-refractivity contribution in [3.8, 4) is 0 Å². The molecule has 19 heavy (non-hydrogen) atoms. The van der Waals surface area contributed by atoms with Gasteiger partial charge in [-0.05, 0) is 32.1 Å². The van der Waals surface area contributed by atoms with Gasteiger partial charge in [0.2, 0.25) is 0 Å². The quantitative estimate of drug-likeness (QED) is 0.206. The molecule has 0 heterocycles. The fourth-order valence-corrected chi connectivity index (χ4v) is 1.81. The van der Waals surface area contributed by atoms with E-state index in [1.165, 1.54) is 38.5 Å². The lowest BCUT2D eigenvalue weighted by atomic mass is 10.1. The van der Waals surface area contributed by atoms with Crippen LogP contribution in [-0.4, -0.2) is 0 Å². The predicted octanol–water partition coefficient (Wildman–Crippen LogP) is 6.76. The molecule has 0 aliphatic heterocycles. The molecule has 0 saturated heterocycles. The maximum absolute atomic E-state index is 2.29. The standard InChI is InChI=1S/C19H32/c1-3-5-7-9-11-13-15-17-19-18-16-14-12-10-8-6-4-2/h5,7,11,13,16-19H,3-4,6,8-10,12,14-15H2,1-2H3/b7-5+,13-11+,18-16+,19-17+. The van der Waals surface area contributed by atoms with Gasteiger partial charge >= 0.3 is 0 Å². The Labute approximate surface area is 121 Å². The first kappa shape index (κ1) is 18.0. The van der Waals surface area contributed by atoms with E-state index in [9.17, 15) is 0 Å². The highest BCUT2D eigenvalue weighted by atomic mass is 13.9. The summed E-state index contributed by atoms with van der Waals surface area (Å²) in [6.45, 7) is 4.43. The molecule has 0 unspecified atom stereocenters. The molecule has 0 aromatic rings. The minimum atomic E-state index is 1.04. The van der Waals surface area contributed by atoms with Gasteiger partial charge in [-0.25, -0.2) is 0 Å². The Bertz CT molecular complexity index is 266. The van der Waals surface area contributed by atoms with Crippen LogP contribution in [0.3, 0.4) is 0 Å². The molecule has 0 N–H and O–H groups in total. The molecule has 0 aliphatic rings. The minimum absolute atomic E-state index is 1.04. The summed E-state index contributed by atoms with van der Waals surface area (Å²) in [5.41, 5.74) is 0. The Balaban J connectivity index is 3.34. The molecule has 0 nitrogen and oxygen atoms in total. The molecule has 0 rings (SSSR count). The van der Waals surface area contributed by atoms with Crippen LogP contribution in [0.5, 0.6) is 0 Å². The van der Waals surface area contributed by atoms with Gasteiger partial charge in [-0.3, -0.25) is 0 Å². The zero-order valence-electron chi connectivity index (χ0n) is 13.0. The monoisotopic (exact) mass is 260 g/mol. The van der Waals surface area contributed by atoms with Crippen LogP contribution in [0.15, 0.2) is 48.6 Å². The van der Waals surface area contributed by atoms with E-state index >= 15 is 0 Å². The molecule has 0 radical (unpaired) electrons. The van der Waals surface area contributed by atoms with Crippen molar-refractivity contribution >= 4 is 0 Å². The molecule has 0 aromatic carbocycles. The first-order chi connectivity index (χ1) is 9.41. The van der Waals surface area contributed by atoms with E-state index < -0.39 is 0 Å². The van der Waals surface area contributed by atoms with Gasteiger partial charge in [-0.1, -0.05) is 88.1 Å². The maximum atomic E-state index is 2.29. The van der Waals surface area contributed by atoms with E-state index in [0.29, 0.717) is 0 Å². The van der Waals surface area contributed by atoms with E-state index in [0.717, 1.165) is 19.3 Å². The summed E-state index contributed by atoms with van der Waals surface area (Å²) in [6.07, 6.45) is 29.1. The first-order valence-electron chi connectivity index (χ1n) is 8.03. The molecule has 0 heteroatoms. The number of allylic oxidation sites excluding steroid dienone is 8. The van der Waals surface area contributed by atoms with Crippen LogP contribution < -0.4 is 0 Å². The third-order valence-corrected chi connectivity index (χ3v) is 2.97. The van der Waals surface area contributed by atoms with Crippen LogP contribution >= 0.6 is 0 Å². The molecule has 0 fully saturated rings. The molecule has 0 aliphatic carbocycles. The largest absolute Gasteiger partial charge is 0.0885 e. The highest BCUT2D eigenvalue weighted by Crippen LogP contribution is 2.05. The first-order valence-corrected chi connectivity index (χ1v) is 8.03. The van der Waals surface area contributed by atoms with Gasteiger partial charge in [0.15, 0.2) is 0 Å². The van der Waals surface area contributed by atoms with E-state index in [1.807, 2.05) is 0 Å². The lowest BCUT2D eigenvalue weighted by Gasteiger charge is -1.95. The Morgan fingerprint density at radius 2 is 1.21 bits per heavy atom. The second-order valence-corrected chi connectivity index (χ2v) is 4.88. The van der Waals surface area contributed by atoms with Crippen LogP contribution in [0.25, 0.3) is 0 Å². The van der Waals surface area contributed by atoms with Crippen molar-refractivity contribution in [1.82, 2.24) is 0 Å². The van der Waals surface area contributed by atoms with E-state index in [4.69, 9.17) is 0 Å². The molecule has 0 spiro atoms. The van der Waals surface area contributed by atoms with Crippen molar-refractivity contribution in [1.29, 1.82) is 0 Å². The lowest BCUT2D eigenvalue weighted by Crippen LogP contribution is -1.75. The molecular formula is C19H32. The summed E-state index contributed by atoms with van der Waals surface area (Å²) in [4.78, 5) is 0. The number of rotatable bonds is 12. The van der Waals surface area contributed by atoms with Crippen LogP contribution in [0.1, 0.15) is 71.6 Å². The van der Waals surface area contributed by atoms with Gasteiger partial charge in [0.25, 0.3) is 0 Å². The molecular weight excluding hydrogens is 228 g/mol. The zero-order chi connectivity index (χ0) is 14.0. The average Bonchev–Trinajstić information content (AvgIpc) is 2.43. The van der Waals surface area contributed by atoms with Gasteiger partial charge in [-0.15, -0.1) is 0 Å².